The summed E-state index contributed by atoms with van der Waals surface area (Å²) in [5, 5.41) is 11.7. The van der Waals surface area contributed by atoms with Gasteiger partial charge >= 0.3 is 0 Å². The predicted octanol–water partition coefficient (Wildman–Crippen LogP) is 4.03. The molecule has 1 aromatic carbocycles. The number of halogens is 1. The Bertz CT molecular complexity index is 497. The second-order valence-electron chi connectivity index (χ2n) is 5.98. The van der Waals surface area contributed by atoms with Gasteiger partial charge in [0.05, 0.1) is 5.54 Å². The molecule has 3 nitrogen and oxygen atoms in total. The van der Waals surface area contributed by atoms with Crippen molar-refractivity contribution in [3.05, 3.63) is 29.8 Å². The summed E-state index contributed by atoms with van der Waals surface area (Å²) in [6.07, 6.45) is 2.61. The maximum absolute atomic E-state index is 10.8. The number of aryl methyl sites for hydroxylation is 1. The molecule has 1 atom stereocenters. The molecule has 1 aliphatic heterocycles. The number of benzene rings is 1. The number of hydrogen-bond acceptors (Lipinski definition) is 4. The molecule has 1 N–H and O–H groups in total. The summed E-state index contributed by atoms with van der Waals surface area (Å²) in [5.74, 6) is 0. The van der Waals surface area contributed by atoms with Crippen LogP contribution in [-0.4, -0.2) is 27.8 Å². The molecule has 0 aromatic heterocycles. The van der Waals surface area contributed by atoms with Gasteiger partial charge in [-0.3, -0.25) is 9.89 Å². The molecule has 0 amide bonds. The van der Waals surface area contributed by atoms with Crippen LogP contribution in [0.4, 0.5) is 5.69 Å². The van der Waals surface area contributed by atoms with E-state index in [1.807, 2.05) is 30.2 Å². The number of aliphatic hydroxyl groups is 1. The molecule has 20 heavy (non-hydrogen) atoms. The maximum atomic E-state index is 10.8. The average Bonchev–Trinajstić information content (AvgIpc) is 2.27. The highest BCUT2D eigenvalue weighted by Crippen LogP contribution is 2.37. The van der Waals surface area contributed by atoms with Crippen molar-refractivity contribution in [2.24, 2.45) is 4.99 Å². The Kier molecular flexibility index (Phi) is 5.54. The van der Waals surface area contributed by atoms with Crippen LogP contribution in [0.25, 0.3) is 0 Å². The maximum Gasteiger partial charge on any atom is 0.166 e. The largest absolute Gasteiger partial charge is 0.371 e. The fourth-order valence-electron chi connectivity index (χ4n) is 2.67. The standard InChI is InChI=1S/C15H22N2OS.HI/c1-11-6-8-12(9-7-11)17-13(19-5)16-14(2,3)10-15(17,4)18;/h6-9,18H,10H2,1-5H3;1H. The first-order valence-electron chi connectivity index (χ1n) is 6.48. The van der Waals surface area contributed by atoms with E-state index < -0.39 is 5.72 Å². The third-order valence-corrected chi connectivity index (χ3v) is 3.95. The summed E-state index contributed by atoms with van der Waals surface area (Å²) in [7, 11) is 0. The van der Waals surface area contributed by atoms with Gasteiger partial charge in [0.2, 0.25) is 0 Å². The van der Waals surface area contributed by atoms with E-state index in [9.17, 15) is 5.11 Å². The van der Waals surface area contributed by atoms with E-state index in [4.69, 9.17) is 4.99 Å². The van der Waals surface area contributed by atoms with Gasteiger partial charge in [-0.15, -0.1) is 24.0 Å². The zero-order valence-electron chi connectivity index (χ0n) is 12.7. The molecule has 1 aromatic rings. The van der Waals surface area contributed by atoms with Crippen LogP contribution in [0.2, 0.25) is 0 Å². The molecule has 112 valence electrons. The lowest BCUT2D eigenvalue weighted by Gasteiger charge is -2.46. The molecule has 0 saturated heterocycles. The van der Waals surface area contributed by atoms with Gasteiger partial charge in [0.1, 0.15) is 5.72 Å². The van der Waals surface area contributed by atoms with Gasteiger partial charge in [-0.1, -0.05) is 29.5 Å². The monoisotopic (exact) mass is 406 g/mol. The summed E-state index contributed by atoms with van der Waals surface area (Å²) in [6.45, 7) is 8.04. The first-order chi connectivity index (χ1) is 8.75. The van der Waals surface area contributed by atoms with Crippen molar-refractivity contribution in [1.29, 1.82) is 0 Å². The van der Waals surface area contributed by atoms with Crippen LogP contribution in [0, 0.1) is 6.92 Å². The summed E-state index contributed by atoms with van der Waals surface area (Å²) >= 11 is 1.57. The molecule has 0 spiro atoms. The number of aliphatic imine (C=N–C) groups is 1. The SMILES string of the molecule is CSC1=NC(C)(C)CC(C)(O)N1c1ccc(C)cc1.I. The summed E-state index contributed by atoms with van der Waals surface area (Å²) in [4.78, 5) is 6.69. The third kappa shape index (κ3) is 3.68. The molecule has 1 unspecified atom stereocenters. The molecule has 0 fully saturated rings. The highest BCUT2D eigenvalue weighted by Gasteiger charge is 2.42. The number of hydrogen-bond donors (Lipinski definition) is 1. The summed E-state index contributed by atoms with van der Waals surface area (Å²) < 4.78 is 0. The minimum Gasteiger partial charge on any atom is -0.371 e. The number of nitrogens with zero attached hydrogens (tertiary/aromatic N) is 2. The fraction of sp³-hybridized carbons (Fsp3) is 0.533. The van der Waals surface area contributed by atoms with Crippen molar-refractivity contribution in [3.63, 3.8) is 0 Å². The molecule has 1 heterocycles. The Labute approximate surface area is 142 Å². The number of amidine groups is 1. The van der Waals surface area contributed by atoms with E-state index in [1.54, 1.807) is 11.8 Å². The average molecular weight is 406 g/mol. The van der Waals surface area contributed by atoms with E-state index in [2.05, 4.69) is 32.9 Å². The van der Waals surface area contributed by atoms with Crippen LogP contribution in [0.3, 0.4) is 0 Å². The normalized spacial score (nSPS) is 24.9. The van der Waals surface area contributed by atoms with E-state index in [0.29, 0.717) is 6.42 Å². The number of anilines is 1. The zero-order chi connectivity index (χ0) is 14.3. The van der Waals surface area contributed by atoms with Crippen molar-refractivity contribution >= 4 is 46.6 Å². The Hall–Kier alpha value is -0.270. The van der Waals surface area contributed by atoms with Crippen LogP contribution < -0.4 is 4.90 Å². The fourth-order valence-corrected chi connectivity index (χ4v) is 3.50. The van der Waals surface area contributed by atoms with Crippen molar-refractivity contribution < 1.29 is 5.11 Å². The minimum absolute atomic E-state index is 0. The van der Waals surface area contributed by atoms with Gasteiger partial charge in [-0.25, -0.2) is 0 Å². The summed E-state index contributed by atoms with van der Waals surface area (Å²) in [6, 6.07) is 8.19. The van der Waals surface area contributed by atoms with E-state index in [1.165, 1.54) is 5.56 Å². The Morgan fingerprint density at radius 1 is 1.20 bits per heavy atom. The lowest BCUT2D eigenvalue weighted by atomic mass is 9.91. The van der Waals surface area contributed by atoms with Crippen molar-refractivity contribution in [1.82, 2.24) is 0 Å². The first-order valence-corrected chi connectivity index (χ1v) is 7.71. The van der Waals surface area contributed by atoms with Gasteiger partial charge in [0.15, 0.2) is 5.17 Å². The van der Waals surface area contributed by atoms with Crippen LogP contribution in [0.1, 0.15) is 32.8 Å². The van der Waals surface area contributed by atoms with Gasteiger partial charge in [0.25, 0.3) is 0 Å². The van der Waals surface area contributed by atoms with Gasteiger partial charge < -0.3 is 5.11 Å². The molecule has 5 heteroatoms. The molecule has 0 aliphatic carbocycles. The smallest absolute Gasteiger partial charge is 0.166 e. The van der Waals surface area contributed by atoms with Crippen LogP contribution >= 0.6 is 35.7 Å². The molecular formula is C15H23IN2OS. The third-order valence-electron chi connectivity index (χ3n) is 3.31. The second kappa shape index (κ2) is 6.23. The molecular weight excluding hydrogens is 383 g/mol. The quantitative estimate of drug-likeness (QED) is 0.716. The number of rotatable bonds is 1. The topological polar surface area (TPSA) is 35.8 Å². The van der Waals surface area contributed by atoms with Gasteiger partial charge in [-0.05, 0) is 46.1 Å². The Balaban J connectivity index is 0.00000200. The number of thioether (sulfide) groups is 1. The van der Waals surface area contributed by atoms with Crippen LogP contribution in [0.5, 0.6) is 0 Å². The van der Waals surface area contributed by atoms with E-state index in [-0.39, 0.29) is 29.5 Å². The minimum atomic E-state index is -0.918. The van der Waals surface area contributed by atoms with Crippen molar-refractivity contribution in [2.75, 3.05) is 11.2 Å². The Morgan fingerprint density at radius 2 is 1.75 bits per heavy atom. The highest BCUT2D eigenvalue weighted by molar-refractivity contribution is 14.0. The highest BCUT2D eigenvalue weighted by atomic mass is 127. The lowest BCUT2D eigenvalue weighted by molar-refractivity contribution is 0.0369. The second-order valence-corrected chi connectivity index (χ2v) is 6.75. The Morgan fingerprint density at radius 3 is 2.25 bits per heavy atom. The molecule has 0 radical (unpaired) electrons. The van der Waals surface area contributed by atoms with E-state index in [0.717, 1.165) is 10.9 Å². The molecule has 0 bridgehead atoms. The van der Waals surface area contributed by atoms with Crippen molar-refractivity contribution in [2.45, 2.75) is 45.4 Å². The summed E-state index contributed by atoms with van der Waals surface area (Å²) in [5.41, 5.74) is 1.05. The van der Waals surface area contributed by atoms with Gasteiger partial charge in [0, 0.05) is 12.1 Å². The predicted molar refractivity (Wildman–Crippen MR) is 99.3 cm³/mol. The van der Waals surface area contributed by atoms with Gasteiger partial charge in [-0.2, -0.15) is 0 Å². The lowest BCUT2D eigenvalue weighted by Crippen LogP contribution is -2.56. The molecule has 2 rings (SSSR count). The van der Waals surface area contributed by atoms with Crippen molar-refractivity contribution in [3.8, 4) is 0 Å². The first kappa shape index (κ1) is 17.8. The van der Waals surface area contributed by atoms with Crippen LogP contribution in [0.15, 0.2) is 29.3 Å². The molecule has 1 aliphatic rings. The van der Waals surface area contributed by atoms with Crippen LogP contribution in [-0.2, 0) is 0 Å². The van der Waals surface area contributed by atoms with E-state index >= 15 is 0 Å². The zero-order valence-corrected chi connectivity index (χ0v) is 15.8. The molecule has 0 saturated carbocycles.